The molecule has 0 spiro atoms. The molecule has 2 N–H and O–H groups in total. The van der Waals surface area contributed by atoms with E-state index >= 15 is 0 Å². The molecule has 0 radical (unpaired) electrons. The minimum Gasteiger partial charge on any atom is -0.295 e. The molecule has 1 aromatic carbocycles. The molecule has 2 heterocycles. The van der Waals surface area contributed by atoms with Crippen molar-refractivity contribution in [1.82, 2.24) is 10.6 Å². The van der Waals surface area contributed by atoms with E-state index in [4.69, 9.17) is 0 Å². The number of benzene rings is 1. The van der Waals surface area contributed by atoms with Gasteiger partial charge in [0.1, 0.15) is 0 Å². The highest BCUT2D eigenvalue weighted by Gasteiger charge is 2.40. The van der Waals surface area contributed by atoms with Crippen LogP contribution >= 0.6 is 0 Å². The average Bonchev–Trinajstić information content (AvgIpc) is 2.96. The van der Waals surface area contributed by atoms with Gasteiger partial charge in [0.2, 0.25) is 11.8 Å². The van der Waals surface area contributed by atoms with Crippen LogP contribution < -0.4 is 10.6 Å². The largest absolute Gasteiger partial charge is 0.295 e. The molecule has 0 saturated carbocycles. The van der Waals surface area contributed by atoms with Crippen molar-refractivity contribution in [3.63, 3.8) is 0 Å². The van der Waals surface area contributed by atoms with E-state index < -0.39 is 23.7 Å². The summed E-state index contributed by atoms with van der Waals surface area (Å²) in [4.78, 5) is 46.6. The minimum atomic E-state index is -0.517. The molecule has 2 atom stereocenters. The molecule has 4 rings (SSSR count). The lowest BCUT2D eigenvalue weighted by Crippen LogP contribution is -2.21. The lowest BCUT2D eigenvalue weighted by molar-refractivity contribution is -0.125. The van der Waals surface area contributed by atoms with Crippen LogP contribution in [0.25, 0.3) is 5.57 Å². The molecule has 3 aliphatic rings. The predicted octanol–water partition coefficient (Wildman–Crippen LogP) is 0.412. The number of carbonyl (C=O) groups is 4. The maximum Gasteiger partial charge on any atom is 0.258 e. The summed E-state index contributed by atoms with van der Waals surface area (Å²) < 4.78 is 0. The fourth-order valence-corrected chi connectivity index (χ4v) is 3.00. The van der Waals surface area contributed by atoms with Gasteiger partial charge in [0, 0.05) is 0 Å². The molecule has 108 valence electrons. The highest BCUT2D eigenvalue weighted by atomic mass is 16.2. The van der Waals surface area contributed by atoms with Crippen molar-refractivity contribution in [3.8, 4) is 0 Å². The summed E-state index contributed by atoms with van der Waals surface area (Å²) >= 11 is 0. The van der Waals surface area contributed by atoms with E-state index in [0.717, 1.165) is 11.1 Å². The van der Waals surface area contributed by atoms with Crippen molar-refractivity contribution >= 4 is 29.2 Å². The van der Waals surface area contributed by atoms with E-state index in [9.17, 15) is 19.2 Å². The zero-order valence-electron chi connectivity index (χ0n) is 11.3. The topological polar surface area (TPSA) is 92.3 Å². The lowest BCUT2D eigenvalue weighted by atomic mass is 9.85. The van der Waals surface area contributed by atoms with E-state index in [2.05, 4.69) is 10.6 Å². The third-order valence-electron chi connectivity index (χ3n) is 4.15. The van der Waals surface area contributed by atoms with Crippen molar-refractivity contribution in [1.29, 1.82) is 0 Å². The molecule has 2 unspecified atom stereocenters. The Balaban J connectivity index is 1.75. The number of fused-ring (bicyclic) bond motifs is 2. The van der Waals surface area contributed by atoms with E-state index in [1.165, 1.54) is 0 Å². The second kappa shape index (κ2) is 4.24. The van der Waals surface area contributed by atoms with Crippen LogP contribution in [0.5, 0.6) is 0 Å². The second-order valence-electron chi connectivity index (χ2n) is 5.43. The van der Waals surface area contributed by atoms with Gasteiger partial charge in [-0.3, -0.25) is 29.8 Å². The summed E-state index contributed by atoms with van der Waals surface area (Å²) in [6, 6.07) is 4.94. The number of carbonyl (C=O) groups excluding carboxylic acids is 4. The first kappa shape index (κ1) is 12.7. The van der Waals surface area contributed by atoms with Crippen LogP contribution in [0, 0.1) is 11.8 Å². The Labute approximate surface area is 124 Å². The summed E-state index contributed by atoms with van der Waals surface area (Å²) in [5.74, 6) is -2.41. The van der Waals surface area contributed by atoms with Crippen LogP contribution in [0.4, 0.5) is 0 Å². The molecule has 0 aromatic heterocycles. The highest BCUT2D eigenvalue weighted by molar-refractivity contribution is 6.21. The molecule has 2 aliphatic heterocycles. The van der Waals surface area contributed by atoms with Crippen molar-refractivity contribution < 1.29 is 19.2 Å². The third-order valence-corrected chi connectivity index (χ3v) is 4.15. The number of hydrogen-bond acceptors (Lipinski definition) is 4. The first-order valence-electron chi connectivity index (χ1n) is 6.79. The van der Waals surface area contributed by atoms with Crippen LogP contribution in [-0.4, -0.2) is 23.6 Å². The summed E-state index contributed by atoms with van der Waals surface area (Å²) in [6.45, 7) is 0. The van der Waals surface area contributed by atoms with Gasteiger partial charge in [0.05, 0.1) is 23.0 Å². The zero-order valence-corrected chi connectivity index (χ0v) is 11.3. The number of allylic oxidation sites excluding steroid dienone is 2. The Morgan fingerprint density at radius 2 is 1.55 bits per heavy atom. The Morgan fingerprint density at radius 1 is 0.818 bits per heavy atom. The molecular formula is C16H10N2O4. The maximum absolute atomic E-state index is 11.8. The highest BCUT2D eigenvalue weighted by Crippen LogP contribution is 2.33. The van der Waals surface area contributed by atoms with Crippen LogP contribution in [0.15, 0.2) is 36.4 Å². The van der Waals surface area contributed by atoms with E-state index in [1.54, 1.807) is 36.4 Å². The first-order valence-corrected chi connectivity index (χ1v) is 6.79. The van der Waals surface area contributed by atoms with Crippen LogP contribution in [0.2, 0.25) is 0 Å². The van der Waals surface area contributed by atoms with Gasteiger partial charge in [-0.25, -0.2) is 0 Å². The zero-order chi connectivity index (χ0) is 15.4. The Hall–Kier alpha value is -3.02. The molecular weight excluding hydrogens is 284 g/mol. The fraction of sp³-hybridized carbons (Fsp3) is 0.125. The van der Waals surface area contributed by atoms with Crippen LogP contribution in [0.1, 0.15) is 26.3 Å². The smallest absolute Gasteiger partial charge is 0.258 e. The van der Waals surface area contributed by atoms with Crippen molar-refractivity contribution in [2.45, 2.75) is 0 Å². The van der Waals surface area contributed by atoms with Gasteiger partial charge < -0.3 is 0 Å². The number of hydrogen-bond donors (Lipinski definition) is 2. The Kier molecular flexibility index (Phi) is 2.45. The number of rotatable bonds is 1. The molecule has 0 bridgehead atoms. The predicted molar refractivity (Wildman–Crippen MR) is 75.5 cm³/mol. The van der Waals surface area contributed by atoms with Gasteiger partial charge in [-0.2, -0.15) is 0 Å². The summed E-state index contributed by atoms with van der Waals surface area (Å²) in [7, 11) is 0. The molecule has 1 aromatic rings. The summed E-state index contributed by atoms with van der Waals surface area (Å²) in [5.41, 5.74) is 2.15. The molecule has 22 heavy (non-hydrogen) atoms. The van der Waals surface area contributed by atoms with Gasteiger partial charge in [0.15, 0.2) is 0 Å². The SMILES string of the molecule is O=C1NC(=O)c2cc(C3=CC4C(=O)NC(=O)C4C=C3)ccc21. The first-order chi connectivity index (χ1) is 10.5. The van der Waals surface area contributed by atoms with Crippen molar-refractivity contribution in [2.24, 2.45) is 11.8 Å². The van der Waals surface area contributed by atoms with Gasteiger partial charge in [-0.05, 0) is 23.3 Å². The van der Waals surface area contributed by atoms with Gasteiger partial charge in [0.25, 0.3) is 11.8 Å². The quantitative estimate of drug-likeness (QED) is 0.734. The van der Waals surface area contributed by atoms with Crippen LogP contribution in [-0.2, 0) is 9.59 Å². The van der Waals surface area contributed by atoms with Gasteiger partial charge in [-0.15, -0.1) is 0 Å². The second-order valence-corrected chi connectivity index (χ2v) is 5.43. The van der Waals surface area contributed by atoms with E-state index in [-0.39, 0.29) is 11.8 Å². The molecule has 6 heteroatoms. The molecule has 1 saturated heterocycles. The normalized spacial score (nSPS) is 25.5. The monoisotopic (exact) mass is 294 g/mol. The van der Waals surface area contributed by atoms with E-state index in [1.807, 2.05) is 0 Å². The number of imide groups is 2. The number of amides is 4. The minimum absolute atomic E-state index is 0.291. The molecule has 4 amide bonds. The lowest BCUT2D eigenvalue weighted by Gasteiger charge is -2.15. The fourth-order valence-electron chi connectivity index (χ4n) is 3.00. The molecule has 1 aliphatic carbocycles. The standard InChI is InChI=1S/C16H10N2O4/c19-13-9-3-1-7(5-11(9)15(21)17-13)8-2-4-10-12(6-8)16(22)18-14(10)20/h1-6,9,11H,(H,17,19,21)(H,18,20,22). The Bertz CT molecular complexity index is 835. The molecule has 1 fully saturated rings. The van der Waals surface area contributed by atoms with Crippen molar-refractivity contribution in [2.75, 3.05) is 0 Å². The number of nitrogens with one attached hydrogen (secondary N) is 2. The van der Waals surface area contributed by atoms with Gasteiger partial charge in [-0.1, -0.05) is 24.3 Å². The summed E-state index contributed by atoms with van der Waals surface area (Å²) in [6.07, 6.45) is 5.18. The third kappa shape index (κ3) is 1.67. The maximum atomic E-state index is 11.8. The van der Waals surface area contributed by atoms with E-state index in [0.29, 0.717) is 11.1 Å². The summed E-state index contributed by atoms with van der Waals surface area (Å²) in [5, 5.41) is 4.54. The van der Waals surface area contributed by atoms with Crippen LogP contribution in [0.3, 0.4) is 0 Å². The van der Waals surface area contributed by atoms with Gasteiger partial charge >= 0.3 is 0 Å². The molecule has 6 nitrogen and oxygen atoms in total. The average molecular weight is 294 g/mol. The van der Waals surface area contributed by atoms with Crippen molar-refractivity contribution in [3.05, 3.63) is 53.1 Å². The Morgan fingerprint density at radius 3 is 2.36 bits per heavy atom.